The molecule has 21 heavy (non-hydrogen) atoms. The molecule has 1 saturated heterocycles. The summed E-state index contributed by atoms with van der Waals surface area (Å²) in [6.45, 7) is 8.77. The van der Waals surface area contributed by atoms with Gasteiger partial charge in [-0.2, -0.15) is 0 Å². The van der Waals surface area contributed by atoms with Crippen LogP contribution < -0.4 is 15.3 Å². The maximum absolute atomic E-state index is 11.3. The maximum atomic E-state index is 11.3. The second kappa shape index (κ2) is 6.00. The Labute approximate surface area is 137 Å². The number of fused-ring (bicyclic) bond motifs is 1. The van der Waals surface area contributed by atoms with Crippen LogP contribution in [0.5, 0.6) is 0 Å². The van der Waals surface area contributed by atoms with Crippen LogP contribution in [0.1, 0.15) is 31.7 Å². The molecular formula is C15H17N4ORe-. The quantitative estimate of drug-likeness (QED) is 0.754. The number of rotatable bonds is 2. The number of hydrogen-bond acceptors (Lipinski definition) is 3. The second-order valence-corrected chi connectivity index (χ2v) is 5.35. The largest absolute Gasteiger partial charge is 0.573 e. The predicted molar refractivity (Wildman–Crippen MR) is 78.4 cm³/mol. The zero-order valence-electron chi connectivity index (χ0n) is 12.1. The van der Waals surface area contributed by atoms with Crippen LogP contribution in [0.15, 0.2) is 30.6 Å². The summed E-state index contributed by atoms with van der Waals surface area (Å²) >= 11 is 0. The van der Waals surface area contributed by atoms with E-state index < -0.39 is 0 Å². The molecule has 5 nitrogen and oxygen atoms in total. The van der Waals surface area contributed by atoms with E-state index in [0.29, 0.717) is 24.7 Å². The number of nitrogens with zero attached hydrogens (tertiary/aromatic N) is 3. The Kier molecular flexibility index (Phi) is 4.50. The fourth-order valence-electron chi connectivity index (χ4n) is 2.41. The molecule has 1 amide bonds. The molecule has 3 rings (SSSR count). The fourth-order valence-corrected chi connectivity index (χ4v) is 2.41. The van der Waals surface area contributed by atoms with Gasteiger partial charge in [0, 0.05) is 38.8 Å². The van der Waals surface area contributed by atoms with Crippen molar-refractivity contribution in [1.29, 1.82) is 0 Å². The minimum absolute atomic E-state index is 0. The number of carbonyl (C=O) groups excluding carboxylic acids is 1. The molecule has 2 aromatic rings. The molecule has 6 heteroatoms. The first-order valence-electron chi connectivity index (χ1n) is 6.75. The first-order chi connectivity index (χ1) is 9.56. The van der Waals surface area contributed by atoms with Crippen molar-refractivity contribution in [3.05, 3.63) is 36.2 Å². The monoisotopic (exact) mass is 456 g/mol. The predicted octanol–water partition coefficient (Wildman–Crippen LogP) is 2.11. The summed E-state index contributed by atoms with van der Waals surface area (Å²) in [5.41, 5.74) is 2.13. The molecule has 1 N–H and O–H groups in total. The molecule has 111 valence electrons. The van der Waals surface area contributed by atoms with Crippen LogP contribution in [-0.4, -0.2) is 17.6 Å². The van der Waals surface area contributed by atoms with Crippen LogP contribution in [0.2, 0.25) is 0 Å². The normalized spacial score (nSPS) is 15.3. The summed E-state index contributed by atoms with van der Waals surface area (Å²) in [6, 6.07) is 6.22. The van der Waals surface area contributed by atoms with Gasteiger partial charge in [0.25, 0.3) is 0 Å². The number of hydrogen-bond donors (Lipinski definition) is 1. The number of carbonyl (C=O) groups is 1. The third-order valence-corrected chi connectivity index (χ3v) is 3.61. The van der Waals surface area contributed by atoms with Crippen molar-refractivity contribution in [3.63, 3.8) is 0 Å². The van der Waals surface area contributed by atoms with Gasteiger partial charge >= 0.3 is 0 Å². The Balaban J connectivity index is 0.00000161. The smallest absolute Gasteiger partial charge is 0.227 e. The topological polar surface area (TPSA) is 59.3 Å². The molecule has 0 bridgehead atoms. The van der Waals surface area contributed by atoms with Crippen molar-refractivity contribution in [2.24, 2.45) is 0 Å². The van der Waals surface area contributed by atoms with Gasteiger partial charge in [-0.05, 0) is 11.5 Å². The van der Waals surface area contributed by atoms with E-state index in [1.807, 2.05) is 11.0 Å². The Bertz CT molecular complexity index is 692. The second-order valence-electron chi connectivity index (χ2n) is 5.35. The van der Waals surface area contributed by atoms with Crippen molar-refractivity contribution in [2.75, 3.05) is 11.4 Å². The molecule has 0 aliphatic carbocycles. The fraction of sp³-hybridized carbons (Fsp3) is 0.333. The first kappa shape index (κ1) is 15.7. The van der Waals surface area contributed by atoms with Gasteiger partial charge in [0.05, 0.1) is 0 Å². The first-order valence-corrected chi connectivity index (χ1v) is 6.75. The molecule has 2 heterocycles. The summed E-state index contributed by atoms with van der Waals surface area (Å²) in [6.07, 6.45) is 0.442. The summed E-state index contributed by atoms with van der Waals surface area (Å²) in [5, 5.41) is 12.2. The average molecular weight is 456 g/mol. The van der Waals surface area contributed by atoms with Gasteiger partial charge in [0.15, 0.2) is 0 Å². The van der Waals surface area contributed by atoms with E-state index in [2.05, 4.69) is 48.1 Å². The van der Waals surface area contributed by atoms with Gasteiger partial charge in [0.2, 0.25) is 5.91 Å². The Morgan fingerprint density at radius 1 is 1.43 bits per heavy atom. The Morgan fingerprint density at radius 3 is 2.86 bits per heavy atom. The zero-order chi connectivity index (χ0) is 14.3. The number of anilines is 1. The number of amides is 1. The van der Waals surface area contributed by atoms with E-state index >= 15 is 0 Å². The number of benzene rings is 1. The zero-order valence-corrected chi connectivity index (χ0v) is 14.8. The van der Waals surface area contributed by atoms with E-state index in [0.717, 1.165) is 16.7 Å². The Hall–Kier alpha value is -1.64. The molecular weight excluding hydrogens is 438 g/mol. The van der Waals surface area contributed by atoms with Gasteiger partial charge in [-0.1, -0.05) is 38.6 Å². The van der Waals surface area contributed by atoms with Crippen molar-refractivity contribution in [1.82, 2.24) is 15.5 Å². The molecule has 0 atom stereocenters. The van der Waals surface area contributed by atoms with E-state index in [1.54, 1.807) is 0 Å². The van der Waals surface area contributed by atoms with Gasteiger partial charge in [-0.3, -0.25) is 4.79 Å². The number of aromatic nitrogens is 2. The van der Waals surface area contributed by atoms with Crippen LogP contribution in [-0.2, 0) is 25.2 Å². The third-order valence-electron chi connectivity index (χ3n) is 3.61. The van der Waals surface area contributed by atoms with Gasteiger partial charge in [-0.15, -0.1) is 5.52 Å². The molecule has 0 saturated carbocycles. The van der Waals surface area contributed by atoms with E-state index in [1.165, 1.54) is 5.56 Å². The molecule has 1 fully saturated rings. The van der Waals surface area contributed by atoms with E-state index in [-0.39, 0.29) is 26.3 Å². The molecule has 1 aromatic carbocycles. The molecule has 0 spiro atoms. The van der Waals surface area contributed by atoms with Crippen LogP contribution >= 0.6 is 0 Å². The van der Waals surface area contributed by atoms with Crippen LogP contribution in [0.3, 0.4) is 0 Å². The summed E-state index contributed by atoms with van der Waals surface area (Å²) in [7, 11) is 0. The molecule has 0 unspecified atom stereocenters. The maximum Gasteiger partial charge on any atom is 0.227 e. The minimum Gasteiger partial charge on any atom is -0.573 e. The average Bonchev–Trinajstić information content (AvgIpc) is 2.81. The summed E-state index contributed by atoms with van der Waals surface area (Å²) in [4.78, 5) is 13.2. The molecule has 1 aromatic heterocycles. The summed E-state index contributed by atoms with van der Waals surface area (Å²) < 4.78 is 0. The molecule has 1 aliphatic rings. The minimum atomic E-state index is -0.00263. The van der Waals surface area contributed by atoms with Gasteiger partial charge < -0.3 is 20.4 Å². The van der Waals surface area contributed by atoms with E-state index in [9.17, 15) is 4.79 Å². The molecule has 1 radical (unpaired) electrons. The third kappa shape index (κ3) is 2.87. The van der Waals surface area contributed by atoms with Crippen molar-refractivity contribution < 1.29 is 25.2 Å². The van der Waals surface area contributed by atoms with Crippen molar-refractivity contribution in [2.45, 2.75) is 26.2 Å². The van der Waals surface area contributed by atoms with Gasteiger partial charge in [0.1, 0.15) is 11.6 Å². The standard InChI is InChI=1S/C15H18N4O.Re/c1-9(2)11-4-5-12-13(8-11)17-18-15(12)19-7-6-14(20)16-10(19)3;/h4-5,8-9H,3,6-7H2,1-2H3,(H2,16,17,18,20);/p-1. The van der Waals surface area contributed by atoms with Gasteiger partial charge in [-0.25, -0.2) is 0 Å². The van der Waals surface area contributed by atoms with Crippen LogP contribution in [0, 0.1) is 0 Å². The van der Waals surface area contributed by atoms with E-state index in [4.69, 9.17) is 0 Å². The SMILES string of the molecule is C=C1NC(=O)CCN1c1n[n-]c2cc(C(C)C)ccc12.[Re]. The summed E-state index contributed by atoms with van der Waals surface area (Å²) in [5.74, 6) is 1.79. The van der Waals surface area contributed by atoms with Crippen LogP contribution in [0.25, 0.3) is 10.9 Å². The molecule has 1 aliphatic heterocycles. The van der Waals surface area contributed by atoms with Crippen molar-refractivity contribution in [3.8, 4) is 0 Å². The van der Waals surface area contributed by atoms with Crippen molar-refractivity contribution >= 4 is 22.6 Å². The van der Waals surface area contributed by atoms with Crippen LogP contribution in [0.4, 0.5) is 5.82 Å². The number of nitrogens with one attached hydrogen (secondary N) is 1. The Morgan fingerprint density at radius 2 is 2.19 bits per heavy atom.